The maximum absolute atomic E-state index is 14.6. The van der Waals surface area contributed by atoms with E-state index in [-0.39, 0.29) is 10.4 Å². The van der Waals surface area contributed by atoms with Crippen molar-refractivity contribution in [3.63, 3.8) is 0 Å². The van der Waals surface area contributed by atoms with E-state index in [1.54, 1.807) is 6.07 Å². The maximum atomic E-state index is 14.6. The number of benzene rings is 2. The molecule has 0 amide bonds. The second kappa shape index (κ2) is 6.91. The van der Waals surface area contributed by atoms with Gasteiger partial charge in [0, 0.05) is 23.2 Å². The molecule has 0 spiro atoms. The Kier molecular flexibility index (Phi) is 4.22. The van der Waals surface area contributed by atoms with Gasteiger partial charge in [0.2, 0.25) is 0 Å². The lowest BCUT2D eigenvalue weighted by atomic mass is 9.95. The van der Waals surface area contributed by atoms with Crippen LogP contribution in [0.5, 0.6) is 0 Å². The van der Waals surface area contributed by atoms with Gasteiger partial charge in [-0.25, -0.2) is 4.39 Å². The lowest BCUT2D eigenvalue weighted by Crippen LogP contribution is -2.26. The number of aryl methyl sites for hydroxylation is 1. The average Bonchev–Trinajstić information content (AvgIpc) is 3.42. The van der Waals surface area contributed by atoms with E-state index in [0.717, 1.165) is 36.2 Å². The van der Waals surface area contributed by atoms with Crippen molar-refractivity contribution in [1.29, 1.82) is 0 Å². The minimum absolute atomic E-state index is 0.0599. The average molecular weight is 446 g/mol. The number of fused-ring (bicyclic) bond motifs is 4. The molecular weight excluding hydrogens is 425 g/mol. The van der Waals surface area contributed by atoms with E-state index in [4.69, 9.17) is 16.6 Å². The molecule has 5 nitrogen and oxygen atoms in total. The van der Waals surface area contributed by atoms with Gasteiger partial charge in [0.05, 0.1) is 15.9 Å². The van der Waals surface area contributed by atoms with Gasteiger partial charge >= 0.3 is 0 Å². The van der Waals surface area contributed by atoms with Gasteiger partial charge in [0.15, 0.2) is 0 Å². The Morgan fingerprint density at radius 1 is 1.16 bits per heavy atom. The smallest absolute Gasteiger partial charge is 0.257 e. The fraction of sp³-hybridized carbons (Fsp3) is 0.320. The molecule has 2 aromatic heterocycles. The topological polar surface area (TPSA) is 46.3 Å². The molecule has 1 saturated carbocycles. The third-order valence-electron chi connectivity index (χ3n) is 6.56. The minimum Gasteiger partial charge on any atom is -0.325 e. The predicted octanol–water partition coefficient (Wildman–Crippen LogP) is 5.61. The van der Waals surface area contributed by atoms with Crippen LogP contribution in [0.3, 0.4) is 0 Å². The van der Waals surface area contributed by atoms with Crippen LogP contribution in [0.25, 0.3) is 16.7 Å². The minimum atomic E-state index is -0.471. The molecule has 2 aliphatic rings. The lowest BCUT2D eigenvalue weighted by molar-refractivity contribution is 0.630. The summed E-state index contributed by atoms with van der Waals surface area (Å²) in [6, 6.07) is 9.29. The van der Waals surface area contributed by atoms with Gasteiger partial charge in [-0.05, 0) is 69.4 Å². The number of aromatic nitrogens is 4. The van der Waals surface area contributed by atoms with Crippen LogP contribution in [-0.2, 0) is 6.42 Å². The third kappa shape index (κ3) is 2.96. The zero-order valence-electron chi connectivity index (χ0n) is 17.9. The molecule has 0 saturated heterocycles. The summed E-state index contributed by atoms with van der Waals surface area (Å²) < 4.78 is 16.4. The fourth-order valence-electron chi connectivity index (χ4n) is 4.48. The van der Waals surface area contributed by atoms with Crippen molar-refractivity contribution in [2.45, 2.75) is 39.5 Å². The molecule has 6 rings (SSSR count). The first-order chi connectivity index (χ1) is 15.5. The molecule has 1 fully saturated rings. The summed E-state index contributed by atoms with van der Waals surface area (Å²) in [5, 5.41) is 9.03. The van der Waals surface area contributed by atoms with E-state index in [0.29, 0.717) is 22.8 Å². The van der Waals surface area contributed by atoms with Crippen molar-refractivity contribution in [1.82, 2.24) is 19.6 Å². The molecule has 160 valence electrons. The van der Waals surface area contributed by atoms with Gasteiger partial charge in [-0.2, -0.15) is 4.98 Å². The van der Waals surface area contributed by atoms with Crippen molar-refractivity contribution >= 4 is 39.8 Å². The van der Waals surface area contributed by atoms with E-state index in [1.807, 2.05) is 17.4 Å². The van der Waals surface area contributed by atoms with Gasteiger partial charge in [0.25, 0.3) is 5.78 Å². The Morgan fingerprint density at radius 3 is 2.81 bits per heavy atom. The molecule has 0 bridgehead atoms. The summed E-state index contributed by atoms with van der Waals surface area (Å²) in [7, 11) is 0. The number of nitrogens with zero attached hydrogens (tertiary/aromatic N) is 5. The van der Waals surface area contributed by atoms with Crippen molar-refractivity contribution in [3.8, 4) is 11.8 Å². The molecule has 1 aliphatic heterocycles. The normalized spacial score (nSPS) is 16.7. The van der Waals surface area contributed by atoms with Crippen LogP contribution in [0.4, 0.5) is 15.9 Å². The first-order valence-electron chi connectivity index (χ1n) is 10.9. The highest BCUT2D eigenvalue weighted by molar-refractivity contribution is 6.36. The second-order valence-corrected chi connectivity index (χ2v) is 9.32. The molecular formula is C25H21ClFN5. The molecule has 2 aromatic carbocycles. The van der Waals surface area contributed by atoms with Gasteiger partial charge in [-0.15, -0.1) is 10.2 Å². The number of rotatable bonds is 1. The largest absolute Gasteiger partial charge is 0.325 e. The zero-order valence-corrected chi connectivity index (χ0v) is 18.7. The van der Waals surface area contributed by atoms with Crippen LogP contribution in [0, 0.1) is 30.0 Å². The van der Waals surface area contributed by atoms with E-state index >= 15 is 0 Å². The van der Waals surface area contributed by atoms with E-state index < -0.39 is 5.82 Å². The van der Waals surface area contributed by atoms with Crippen molar-refractivity contribution in [3.05, 3.63) is 58.1 Å². The quantitative estimate of drug-likeness (QED) is 0.357. The number of anilines is 2. The molecule has 4 aromatic rings. The number of hydrogen-bond acceptors (Lipinski definition) is 4. The summed E-state index contributed by atoms with van der Waals surface area (Å²) in [4.78, 5) is 6.93. The summed E-state index contributed by atoms with van der Waals surface area (Å²) in [5.74, 6) is 8.16. The SMILES string of the molecule is Cc1nnc2nc(N3CCCc4c(C#CC5(C)CC5)cccc43)c3c(Cl)c(F)ccc3n12. The highest BCUT2D eigenvalue weighted by atomic mass is 35.5. The van der Waals surface area contributed by atoms with Gasteiger partial charge in [-0.3, -0.25) is 4.40 Å². The molecule has 0 unspecified atom stereocenters. The van der Waals surface area contributed by atoms with Crippen LogP contribution in [0.1, 0.15) is 43.1 Å². The molecule has 3 heterocycles. The van der Waals surface area contributed by atoms with Crippen LogP contribution in [-0.4, -0.2) is 26.1 Å². The van der Waals surface area contributed by atoms with Gasteiger partial charge in [-0.1, -0.05) is 29.5 Å². The Hall–Kier alpha value is -3.17. The van der Waals surface area contributed by atoms with Crippen LogP contribution >= 0.6 is 11.6 Å². The number of hydrogen-bond donors (Lipinski definition) is 0. The molecule has 7 heteroatoms. The van der Waals surface area contributed by atoms with E-state index in [2.05, 4.69) is 46.0 Å². The molecule has 1 aliphatic carbocycles. The van der Waals surface area contributed by atoms with Gasteiger partial charge in [0.1, 0.15) is 17.5 Å². The third-order valence-corrected chi connectivity index (χ3v) is 6.93. The second-order valence-electron chi connectivity index (χ2n) is 8.94. The molecule has 32 heavy (non-hydrogen) atoms. The van der Waals surface area contributed by atoms with Gasteiger partial charge < -0.3 is 4.90 Å². The summed E-state index contributed by atoms with van der Waals surface area (Å²) >= 11 is 6.52. The van der Waals surface area contributed by atoms with E-state index in [9.17, 15) is 4.39 Å². The molecule has 0 N–H and O–H groups in total. The molecule has 0 radical (unpaired) electrons. The highest BCUT2D eigenvalue weighted by Gasteiger charge is 2.35. The number of halogens is 2. The first-order valence-corrected chi connectivity index (χ1v) is 11.2. The Labute approximate surface area is 190 Å². The van der Waals surface area contributed by atoms with Crippen LogP contribution in [0.15, 0.2) is 30.3 Å². The summed E-state index contributed by atoms with van der Waals surface area (Å²) in [6.45, 7) is 4.81. The van der Waals surface area contributed by atoms with Crippen LogP contribution in [0.2, 0.25) is 5.02 Å². The van der Waals surface area contributed by atoms with Crippen molar-refractivity contribution in [2.24, 2.45) is 5.41 Å². The predicted molar refractivity (Wildman–Crippen MR) is 124 cm³/mol. The highest BCUT2D eigenvalue weighted by Crippen LogP contribution is 2.44. The molecule has 0 atom stereocenters. The first kappa shape index (κ1) is 19.5. The van der Waals surface area contributed by atoms with E-state index in [1.165, 1.54) is 24.5 Å². The van der Waals surface area contributed by atoms with Crippen molar-refractivity contribution in [2.75, 3.05) is 11.4 Å². The lowest BCUT2D eigenvalue weighted by Gasteiger charge is -2.32. The van der Waals surface area contributed by atoms with Crippen molar-refractivity contribution < 1.29 is 4.39 Å². The Morgan fingerprint density at radius 2 is 2.00 bits per heavy atom. The Balaban J connectivity index is 1.59. The monoisotopic (exact) mass is 445 g/mol. The fourth-order valence-corrected chi connectivity index (χ4v) is 4.73. The maximum Gasteiger partial charge on any atom is 0.257 e. The van der Waals surface area contributed by atoms with Crippen LogP contribution < -0.4 is 4.90 Å². The summed E-state index contributed by atoms with van der Waals surface area (Å²) in [6.07, 6.45) is 4.22. The standard InChI is InChI=1S/C25H21ClFN5/c1-15-29-30-24-28-23(21-20(32(15)24)9-8-18(27)22(21)26)31-14-4-6-17-16(5-3-7-19(17)31)10-11-25(2)12-13-25/h3,5,7-9H,4,6,12-14H2,1-2H3. The Bertz CT molecular complexity index is 1470. The summed E-state index contributed by atoms with van der Waals surface area (Å²) in [5.41, 5.74) is 4.20. The zero-order chi connectivity index (χ0) is 22.0.